The van der Waals surface area contributed by atoms with Crippen molar-refractivity contribution in [3.63, 3.8) is 0 Å². The number of unbranched alkanes of at least 4 members (excludes halogenated alkanes) is 6. The molecule has 3 atom stereocenters. The van der Waals surface area contributed by atoms with E-state index in [0.29, 0.717) is 64.6 Å². The van der Waals surface area contributed by atoms with Crippen LogP contribution in [0.1, 0.15) is 190 Å². The highest BCUT2D eigenvalue weighted by molar-refractivity contribution is 5.98. The first-order valence-electron chi connectivity index (χ1n) is 25.3. The number of hydrogen-bond donors (Lipinski definition) is 6. The van der Waals surface area contributed by atoms with Gasteiger partial charge in [0.1, 0.15) is 12.1 Å². The van der Waals surface area contributed by atoms with Crippen LogP contribution >= 0.6 is 0 Å². The fraction of sp³-hybridized carbons (Fsp3) is 0.824. The van der Waals surface area contributed by atoms with E-state index in [2.05, 4.69) is 31.9 Å². The molecular weight excluding hydrogens is 809 g/mol. The number of carbonyl (C=O) groups excluding carboxylic acids is 7. The van der Waals surface area contributed by atoms with Gasteiger partial charge in [0.15, 0.2) is 5.78 Å². The minimum atomic E-state index is -0.852. The Bertz CT molecular complexity index is 1490. The number of hydrogen-bond acceptors (Lipinski definition) is 7. The summed E-state index contributed by atoms with van der Waals surface area (Å²) in [6.45, 7) is 15.4. The van der Waals surface area contributed by atoms with Gasteiger partial charge in [0, 0.05) is 45.3 Å². The molecule has 4 aliphatic carbocycles. The van der Waals surface area contributed by atoms with Crippen molar-refractivity contribution in [2.75, 3.05) is 19.6 Å². The zero-order chi connectivity index (χ0) is 47.1. The molecular formula is C51H88N6O7. The molecule has 13 nitrogen and oxygen atoms in total. The van der Waals surface area contributed by atoms with Gasteiger partial charge in [0.25, 0.3) is 0 Å². The van der Waals surface area contributed by atoms with Gasteiger partial charge in [0.2, 0.25) is 35.4 Å². The maximum Gasteiger partial charge on any atom is 0.243 e. The molecule has 0 aromatic heterocycles. The summed E-state index contributed by atoms with van der Waals surface area (Å²) in [7, 11) is 0. The van der Waals surface area contributed by atoms with Crippen molar-refractivity contribution in [2.45, 2.75) is 208 Å². The van der Waals surface area contributed by atoms with E-state index in [1.54, 1.807) is 13.0 Å². The van der Waals surface area contributed by atoms with Gasteiger partial charge in [-0.05, 0) is 150 Å². The molecule has 0 aromatic carbocycles. The Hall–Kier alpha value is -3.77. The molecule has 6 N–H and O–H groups in total. The van der Waals surface area contributed by atoms with Gasteiger partial charge in [-0.2, -0.15) is 0 Å². The predicted molar refractivity (Wildman–Crippen MR) is 254 cm³/mol. The van der Waals surface area contributed by atoms with Gasteiger partial charge >= 0.3 is 0 Å². The Labute approximate surface area is 386 Å². The molecule has 0 heterocycles. The number of nitrogens with one attached hydrogen (secondary N) is 6. The minimum Gasteiger partial charge on any atom is -0.356 e. The molecule has 6 amide bonds. The van der Waals surface area contributed by atoms with Crippen molar-refractivity contribution in [3.05, 3.63) is 12.2 Å². The van der Waals surface area contributed by atoms with Crippen molar-refractivity contribution >= 4 is 41.2 Å². The molecule has 4 bridgehead atoms. The summed E-state index contributed by atoms with van der Waals surface area (Å²) in [5, 5.41) is 17.7. The molecule has 0 saturated heterocycles. The molecule has 4 fully saturated rings. The molecule has 4 rings (SSSR count). The molecule has 4 aliphatic rings. The number of allylic oxidation sites excluding steroid dienone is 1. The van der Waals surface area contributed by atoms with Crippen LogP contribution in [0.4, 0.5) is 0 Å². The summed E-state index contributed by atoms with van der Waals surface area (Å²) in [6.07, 6.45) is 21.3. The van der Waals surface area contributed by atoms with Crippen LogP contribution in [0.15, 0.2) is 12.2 Å². The summed E-state index contributed by atoms with van der Waals surface area (Å²) >= 11 is 0. The summed E-state index contributed by atoms with van der Waals surface area (Å²) in [6, 6.07) is -2.34. The standard InChI is InChI=1S/C51H88N6O7/c1-8-18-44(58)41(25-35(2)3)56-50(64)43(27-37(6)7)57-49(63)42(26-36(4)5)55-47(61)21-14-11-16-23-53-45(59)19-12-9-15-22-52-46(60)20-13-10-17-24-54-48(62)34-51-31-38-28-39(32-51)30-40(29-38)33-51/h8,18,35-43H,9-17,19-34H2,1-7H3,(H,52,60)(H,53,59)(H,54,62)(H,55,61)(H,56,64)(H,57,63)/b18-8+/t38?,39?,40?,41-,42-,43-,51?/m0/s1. The molecule has 364 valence electrons. The fourth-order valence-corrected chi connectivity index (χ4v) is 10.7. The van der Waals surface area contributed by atoms with Crippen LogP contribution in [-0.4, -0.2) is 79.0 Å². The molecule has 0 unspecified atom stereocenters. The Kier molecular flexibility index (Phi) is 24.7. The second-order valence-electron chi connectivity index (χ2n) is 21.1. The SMILES string of the molecule is C/C=C/C(=O)[C@H](CC(C)C)NC(=O)[C@H](CC(C)C)NC(=O)[C@H](CC(C)C)NC(=O)CCCCCNC(=O)CCCCCNC(=O)CCCCCNC(=O)CC12CC3CC(CC(C3)C1)C2. The first-order valence-corrected chi connectivity index (χ1v) is 25.3. The maximum absolute atomic E-state index is 13.5. The Morgan fingerprint density at radius 1 is 0.484 bits per heavy atom. The zero-order valence-corrected chi connectivity index (χ0v) is 40.9. The maximum atomic E-state index is 13.5. The van der Waals surface area contributed by atoms with E-state index in [9.17, 15) is 33.6 Å². The third-order valence-electron chi connectivity index (χ3n) is 13.3. The van der Waals surface area contributed by atoms with Crippen LogP contribution < -0.4 is 31.9 Å². The molecule has 13 heteroatoms. The topological polar surface area (TPSA) is 192 Å². The first-order chi connectivity index (χ1) is 30.5. The monoisotopic (exact) mass is 897 g/mol. The van der Waals surface area contributed by atoms with Gasteiger partial charge < -0.3 is 31.9 Å². The second kappa shape index (κ2) is 29.0. The summed E-state index contributed by atoms with van der Waals surface area (Å²) in [5.74, 6) is 1.99. The second-order valence-corrected chi connectivity index (χ2v) is 21.1. The summed E-state index contributed by atoms with van der Waals surface area (Å²) in [4.78, 5) is 90.0. The molecule has 0 radical (unpaired) electrons. The molecule has 0 aromatic rings. The highest BCUT2D eigenvalue weighted by Crippen LogP contribution is 2.61. The summed E-state index contributed by atoms with van der Waals surface area (Å²) in [5.41, 5.74) is 0.276. The fourth-order valence-electron chi connectivity index (χ4n) is 10.7. The lowest BCUT2D eigenvalue weighted by Crippen LogP contribution is -2.56. The zero-order valence-electron chi connectivity index (χ0n) is 40.9. The third kappa shape index (κ3) is 21.5. The van der Waals surface area contributed by atoms with Gasteiger partial charge in [-0.25, -0.2) is 0 Å². The van der Waals surface area contributed by atoms with E-state index in [-0.39, 0.29) is 59.0 Å². The van der Waals surface area contributed by atoms with Gasteiger partial charge in [-0.15, -0.1) is 0 Å². The van der Waals surface area contributed by atoms with Crippen LogP contribution in [0.2, 0.25) is 0 Å². The number of amides is 6. The largest absolute Gasteiger partial charge is 0.356 e. The number of ketones is 1. The van der Waals surface area contributed by atoms with E-state index < -0.39 is 29.9 Å². The Morgan fingerprint density at radius 2 is 0.859 bits per heavy atom. The van der Waals surface area contributed by atoms with Crippen LogP contribution in [0.25, 0.3) is 0 Å². The lowest BCUT2D eigenvalue weighted by Gasteiger charge is -2.56. The van der Waals surface area contributed by atoms with Crippen molar-refractivity contribution in [2.24, 2.45) is 40.9 Å². The van der Waals surface area contributed by atoms with Crippen molar-refractivity contribution in [1.82, 2.24) is 31.9 Å². The molecule has 4 saturated carbocycles. The Balaban J connectivity index is 1.19. The highest BCUT2D eigenvalue weighted by Gasteiger charge is 2.51. The quantitative estimate of drug-likeness (QED) is 0.0293. The lowest BCUT2D eigenvalue weighted by molar-refractivity contribution is -0.133. The molecule has 64 heavy (non-hydrogen) atoms. The van der Waals surface area contributed by atoms with E-state index >= 15 is 0 Å². The molecule has 0 spiro atoms. The van der Waals surface area contributed by atoms with E-state index in [1.807, 2.05) is 41.5 Å². The average Bonchev–Trinajstić information content (AvgIpc) is 3.19. The van der Waals surface area contributed by atoms with Gasteiger partial charge in [0.05, 0.1) is 6.04 Å². The smallest absolute Gasteiger partial charge is 0.243 e. The van der Waals surface area contributed by atoms with Gasteiger partial charge in [-0.1, -0.05) is 66.9 Å². The summed E-state index contributed by atoms with van der Waals surface area (Å²) < 4.78 is 0. The van der Waals surface area contributed by atoms with Crippen LogP contribution in [-0.2, 0) is 33.6 Å². The number of carbonyl (C=O) groups is 7. The van der Waals surface area contributed by atoms with Crippen LogP contribution in [0, 0.1) is 40.9 Å². The van der Waals surface area contributed by atoms with E-state index in [1.165, 1.54) is 44.6 Å². The van der Waals surface area contributed by atoms with Crippen molar-refractivity contribution in [1.29, 1.82) is 0 Å². The van der Waals surface area contributed by atoms with E-state index in [0.717, 1.165) is 69.1 Å². The minimum absolute atomic E-state index is 0.00227. The first kappa shape index (κ1) is 54.6. The van der Waals surface area contributed by atoms with Crippen molar-refractivity contribution in [3.8, 4) is 0 Å². The van der Waals surface area contributed by atoms with E-state index in [4.69, 9.17) is 0 Å². The van der Waals surface area contributed by atoms with Crippen LogP contribution in [0.3, 0.4) is 0 Å². The van der Waals surface area contributed by atoms with Gasteiger partial charge in [-0.3, -0.25) is 33.6 Å². The molecule has 0 aliphatic heterocycles. The van der Waals surface area contributed by atoms with Crippen LogP contribution in [0.5, 0.6) is 0 Å². The lowest BCUT2D eigenvalue weighted by atomic mass is 9.49. The number of rotatable bonds is 33. The Morgan fingerprint density at radius 3 is 1.28 bits per heavy atom. The third-order valence-corrected chi connectivity index (χ3v) is 13.3. The average molecular weight is 897 g/mol. The normalized spacial score (nSPS) is 21.4. The van der Waals surface area contributed by atoms with Crippen molar-refractivity contribution < 1.29 is 33.6 Å². The highest BCUT2D eigenvalue weighted by atomic mass is 16.2. The predicted octanol–water partition coefficient (Wildman–Crippen LogP) is 7.36.